The van der Waals surface area contributed by atoms with E-state index in [1.54, 1.807) is 6.07 Å². The fraction of sp³-hybridized carbons (Fsp3) is 0.500. The van der Waals surface area contributed by atoms with Gasteiger partial charge in [-0.1, -0.05) is 0 Å². The van der Waals surface area contributed by atoms with Crippen LogP contribution in [0.4, 0.5) is 0 Å². The second kappa shape index (κ2) is 5.14. The van der Waals surface area contributed by atoms with Gasteiger partial charge >= 0.3 is 0 Å². The average Bonchev–Trinajstić information content (AvgIpc) is 2.72. The first-order chi connectivity index (χ1) is 8.16. The number of hydrogen-bond donors (Lipinski definition) is 2. The number of likely N-dealkylation sites (tertiary alicyclic amines) is 1. The molecule has 1 amide bonds. The van der Waals surface area contributed by atoms with Crippen LogP contribution in [0.25, 0.3) is 0 Å². The molecule has 2 heterocycles. The first-order valence-corrected chi connectivity index (χ1v) is 5.84. The Morgan fingerprint density at radius 1 is 1.65 bits per heavy atom. The van der Waals surface area contributed by atoms with Gasteiger partial charge < -0.3 is 15.2 Å². The Bertz CT molecular complexity index is 455. The molecule has 1 fully saturated rings. The quantitative estimate of drug-likeness (QED) is 0.786. The van der Waals surface area contributed by atoms with Crippen molar-refractivity contribution in [2.45, 2.75) is 18.9 Å². The van der Waals surface area contributed by atoms with Gasteiger partial charge in [-0.05, 0) is 32.5 Å². The Morgan fingerprint density at radius 2 is 2.47 bits per heavy atom. The number of pyridine rings is 1. The number of rotatable bonds is 3. The summed E-state index contributed by atoms with van der Waals surface area (Å²) < 4.78 is 0. The fourth-order valence-corrected chi connectivity index (χ4v) is 2.14. The first-order valence-electron chi connectivity index (χ1n) is 5.84. The van der Waals surface area contributed by atoms with Gasteiger partial charge in [0.25, 0.3) is 5.91 Å². The van der Waals surface area contributed by atoms with Gasteiger partial charge in [0.2, 0.25) is 5.56 Å². The molecule has 0 aliphatic carbocycles. The number of likely N-dealkylation sites (N-methyl/N-ethyl adjacent to an activating group) is 1. The summed E-state index contributed by atoms with van der Waals surface area (Å²) in [5.41, 5.74) is 0.157. The van der Waals surface area contributed by atoms with E-state index in [2.05, 4.69) is 22.2 Å². The van der Waals surface area contributed by atoms with Gasteiger partial charge in [-0.3, -0.25) is 9.59 Å². The van der Waals surface area contributed by atoms with Gasteiger partial charge in [0.15, 0.2) is 0 Å². The minimum atomic E-state index is -0.254. The first kappa shape index (κ1) is 11.9. The van der Waals surface area contributed by atoms with Crippen molar-refractivity contribution in [2.75, 3.05) is 20.1 Å². The zero-order valence-electron chi connectivity index (χ0n) is 9.90. The molecule has 1 saturated heterocycles. The van der Waals surface area contributed by atoms with Crippen molar-refractivity contribution >= 4 is 5.91 Å². The lowest BCUT2D eigenvalue weighted by atomic mass is 10.2. The lowest BCUT2D eigenvalue weighted by Gasteiger charge is -2.19. The van der Waals surface area contributed by atoms with E-state index in [9.17, 15) is 9.59 Å². The number of hydrogen-bond acceptors (Lipinski definition) is 3. The molecule has 1 aromatic rings. The topological polar surface area (TPSA) is 65.2 Å². The van der Waals surface area contributed by atoms with Gasteiger partial charge in [-0.2, -0.15) is 0 Å². The van der Waals surface area contributed by atoms with Crippen LogP contribution in [0.1, 0.15) is 23.2 Å². The number of aromatic nitrogens is 1. The number of amides is 1. The normalized spacial score (nSPS) is 20.4. The molecule has 0 radical (unpaired) electrons. The van der Waals surface area contributed by atoms with Crippen LogP contribution in [0, 0.1) is 0 Å². The highest BCUT2D eigenvalue weighted by atomic mass is 16.2. The molecule has 5 nitrogen and oxygen atoms in total. The summed E-state index contributed by atoms with van der Waals surface area (Å²) >= 11 is 0. The van der Waals surface area contributed by atoms with Crippen LogP contribution in [0.15, 0.2) is 23.1 Å². The second-order valence-corrected chi connectivity index (χ2v) is 4.43. The standard InChI is InChI=1S/C12H17N3O2/c1-15-6-2-3-10(15)8-14-12(17)9-4-5-13-11(16)7-9/h4-5,7,10H,2-3,6,8H2,1H3,(H,13,16)(H,14,17). The van der Waals surface area contributed by atoms with Crippen LogP contribution < -0.4 is 10.9 Å². The van der Waals surface area contributed by atoms with Gasteiger partial charge in [0.1, 0.15) is 0 Å². The number of H-pyrrole nitrogens is 1. The van der Waals surface area contributed by atoms with Crippen molar-refractivity contribution in [3.8, 4) is 0 Å². The number of aromatic amines is 1. The molecule has 1 unspecified atom stereocenters. The maximum atomic E-state index is 11.8. The molecule has 1 atom stereocenters. The third-order valence-electron chi connectivity index (χ3n) is 3.21. The van der Waals surface area contributed by atoms with Crippen LogP contribution in [0.5, 0.6) is 0 Å². The Labute approximate surface area is 99.8 Å². The highest BCUT2D eigenvalue weighted by Crippen LogP contribution is 2.13. The van der Waals surface area contributed by atoms with E-state index in [1.165, 1.54) is 18.7 Å². The van der Waals surface area contributed by atoms with Gasteiger partial charge in [0, 0.05) is 30.4 Å². The van der Waals surface area contributed by atoms with Crippen LogP contribution in [0.2, 0.25) is 0 Å². The third kappa shape index (κ3) is 2.94. The SMILES string of the molecule is CN1CCCC1CNC(=O)c1cc[nH]c(=O)c1. The summed E-state index contributed by atoms with van der Waals surface area (Å²) in [6, 6.07) is 3.34. The van der Waals surface area contributed by atoms with E-state index in [0.29, 0.717) is 18.2 Å². The lowest BCUT2D eigenvalue weighted by molar-refractivity contribution is 0.0943. The van der Waals surface area contributed by atoms with Crippen molar-refractivity contribution in [2.24, 2.45) is 0 Å². The molecule has 0 saturated carbocycles. The minimum absolute atomic E-state index is 0.184. The molecule has 17 heavy (non-hydrogen) atoms. The summed E-state index contributed by atoms with van der Waals surface area (Å²) in [4.78, 5) is 27.6. The highest BCUT2D eigenvalue weighted by Gasteiger charge is 2.21. The Balaban J connectivity index is 1.91. The van der Waals surface area contributed by atoms with E-state index in [0.717, 1.165) is 13.0 Å². The van der Waals surface area contributed by atoms with E-state index < -0.39 is 0 Å². The lowest BCUT2D eigenvalue weighted by Crippen LogP contribution is -2.38. The Hall–Kier alpha value is -1.62. The maximum absolute atomic E-state index is 11.8. The van der Waals surface area contributed by atoms with Crippen molar-refractivity contribution in [3.05, 3.63) is 34.2 Å². The summed E-state index contributed by atoms with van der Waals surface area (Å²) in [6.07, 6.45) is 3.78. The highest BCUT2D eigenvalue weighted by molar-refractivity contribution is 5.93. The van der Waals surface area contributed by atoms with Crippen LogP contribution in [-0.4, -0.2) is 42.0 Å². The molecule has 2 N–H and O–H groups in total. The summed E-state index contributed by atoms with van der Waals surface area (Å²) in [6.45, 7) is 1.73. The molecule has 1 aliphatic rings. The summed E-state index contributed by atoms with van der Waals surface area (Å²) in [5.74, 6) is -0.184. The summed E-state index contributed by atoms with van der Waals surface area (Å²) in [7, 11) is 2.07. The molecule has 2 rings (SSSR count). The zero-order valence-corrected chi connectivity index (χ0v) is 9.90. The zero-order chi connectivity index (χ0) is 12.3. The molecule has 5 heteroatoms. The van der Waals surface area contributed by atoms with E-state index >= 15 is 0 Å². The van der Waals surface area contributed by atoms with Crippen molar-refractivity contribution < 1.29 is 4.79 Å². The van der Waals surface area contributed by atoms with Crippen molar-refractivity contribution in [1.82, 2.24) is 15.2 Å². The van der Waals surface area contributed by atoms with Crippen molar-refractivity contribution in [3.63, 3.8) is 0 Å². The largest absolute Gasteiger partial charge is 0.350 e. The third-order valence-corrected chi connectivity index (χ3v) is 3.21. The van der Waals surface area contributed by atoms with Crippen molar-refractivity contribution in [1.29, 1.82) is 0 Å². The molecule has 0 aromatic carbocycles. The fourth-order valence-electron chi connectivity index (χ4n) is 2.14. The smallest absolute Gasteiger partial charge is 0.251 e. The van der Waals surface area contributed by atoms with Gasteiger partial charge in [0.05, 0.1) is 0 Å². The number of carbonyl (C=O) groups is 1. The molecule has 1 aliphatic heterocycles. The van der Waals surface area contributed by atoms with E-state index in [1.807, 2.05) is 0 Å². The summed E-state index contributed by atoms with van der Waals surface area (Å²) in [5, 5.41) is 2.87. The Morgan fingerprint density at radius 3 is 3.12 bits per heavy atom. The predicted molar refractivity (Wildman–Crippen MR) is 65.0 cm³/mol. The average molecular weight is 235 g/mol. The molecule has 0 spiro atoms. The molecule has 0 bridgehead atoms. The van der Waals surface area contributed by atoms with E-state index in [-0.39, 0.29) is 11.5 Å². The number of nitrogens with one attached hydrogen (secondary N) is 2. The molecular weight excluding hydrogens is 218 g/mol. The van der Waals surface area contributed by atoms with Crippen LogP contribution in [-0.2, 0) is 0 Å². The molecule has 92 valence electrons. The van der Waals surface area contributed by atoms with Gasteiger partial charge in [-0.25, -0.2) is 0 Å². The van der Waals surface area contributed by atoms with Gasteiger partial charge in [-0.15, -0.1) is 0 Å². The van der Waals surface area contributed by atoms with E-state index in [4.69, 9.17) is 0 Å². The minimum Gasteiger partial charge on any atom is -0.350 e. The maximum Gasteiger partial charge on any atom is 0.251 e. The van der Waals surface area contributed by atoms with Crippen LogP contribution >= 0.6 is 0 Å². The number of nitrogens with zero attached hydrogens (tertiary/aromatic N) is 1. The predicted octanol–water partition coefficient (Wildman–Crippen LogP) is 0.199. The molecule has 1 aromatic heterocycles. The Kier molecular flexibility index (Phi) is 3.58. The second-order valence-electron chi connectivity index (χ2n) is 4.43. The van der Waals surface area contributed by atoms with Crippen LogP contribution in [0.3, 0.4) is 0 Å². The number of carbonyl (C=O) groups excluding carboxylic acids is 1. The molecular formula is C12H17N3O2. The monoisotopic (exact) mass is 235 g/mol.